The fourth-order valence-electron chi connectivity index (χ4n) is 1.81. The van der Waals surface area contributed by atoms with E-state index in [2.05, 4.69) is 5.32 Å². The molecule has 19 heavy (non-hydrogen) atoms. The zero-order chi connectivity index (χ0) is 14.3. The summed E-state index contributed by atoms with van der Waals surface area (Å²) in [6.07, 6.45) is 0.609. The molecule has 2 N–H and O–H groups in total. The Kier molecular flexibility index (Phi) is 6.15. The Morgan fingerprint density at radius 2 is 2.00 bits per heavy atom. The van der Waals surface area contributed by atoms with Crippen LogP contribution < -0.4 is 14.8 Å². The smallest absolute Gasteiger partial charge is 0.223 e. The summed E-state index contributed by atoms with van der Waals surface area (Å²) < 4.78 is 10.4. The molecular weight excluding hydrogens is 246 g/mol. The fraction of sp³-hybridized carbons (Fsp3) is 0.500. The molecule has 0 aliphatic rings. The molecule has 0 bridgehead atoms. The highest BCUT2D eigenvalue weighted by Gasteiger charge is 2.14. The van der Waals surface area contributed by atoms with Crippen molar-refractivity contribution in [3.8, 4) is 11.5 Å². The topological polar surface area (TPSA) is 67.8 Å². The molecule has 5 heteroatoms. The standard InChI is InChI=1S/C14H21NO4/c1-10(14(17)15-6-7-16)8-11-4-5-12(18-2)13(9-11)19-3/h4-5,9-10,16H,6-8H2,1-3H3,(H,15,17). The van der Waals surface area contributed by atoms with E-state index in [0.29, 0.717) is 17.9 Å². The van der Waals surface area contributed by atoms with E-state index in [-0.39, 0.29) is 25.0 Å². The van der Waals surface area contributed by atoms with Crippen LogP contribution in [0.15, 0.2) is 18.2 Å². The van der Waals surface area contributed by atoms with Gasteiger partial charge in [0.15, 0.2) is 11.5 Å². The van der Waals surface area contributed by atoms with Crippen molar-refractivity contribution in [2.75, 3.05) is 27.4 Å². The van der Waals surface area contributed by atoms with Crippen LogP contribution in [0.25, 0.3) is 0 Å². The molecule has 1 unspecified atom stereocenters. The largest absolute Gasteiger partial charge is 0.493 e. The monoisotopic (exact) mass is 267 g/mol. The van der Waals surface area contributed by atoms with E-state index in [9.17, 15) is 4.79 Å². The second-order valence-corrected chi connectivity index (χ2v) is 4.31. The molecule has 5 nitrogen and oxygen atoms in total. The number of aliphatic hydroxyl groups is 1. The second-order valence-electron chi connectivity index (χ2n) is 4.31. The summed E-state index contributed by atoms with van der Waals surface area (Å²) in [5.74, 6) is 1.10. The number of aliphatic hydroxyl groups excluding tert-OH is 1. The van der Waals surface area contributed by atoms with Crippen LogP contribution in [0, 0.1) is 5.92 Å². The van der Waals surface area contributed by atoms with Gasteiger partial charge in [-0.3, -0.25) is 4.79 Å². The minimum atomic E-state index is -0.162. The average Bonchev–Trinajstić information content (AvgIpc) is 2.44. The van der Waals surface area contributed by atoms with Gasteiger partial charge in [-0.2, -0.15) is 0 Å². The summed E-state index contributed by atoms with van der Waals surface area (Å²) in [7, 11) is 3.17. The first kappa shape index (κ1) is 15.3. The summed E-state index contributed by atoms with van der Waals surface area (Å²) in [6.45, 7) is 2.09. The molecule has 1 rings (SSSR count). The van der Waals surface area contributed by atoms with Gasteiger partial charge in [-0.15, -0.1) is 0 Å². The van der Waals surface area contributed by atoms with Gasteiger partial charge in [0, 0.05) is 12.5 Å². The Morgan fingerprint density at radius 3 is 2.58 bits per heavy atom. The van der Waals surface area contributed by atoms with E-state index >= 15 is 0 Å². The van der Waals surface area contributed by atoms with Crippen LogP contribution in [-0.4, -0.2) is 38.4 Å². The summed E-state index contributed by atoms with van der Waals surface area (Å²) in [5, 5.41) is 11.3. The van der Waals surface area contributed by atoms with Gasteiger partial charge in [0.25, 0.3) is 0 Å². The van der Waals surface area contributed by atoms with Crippen molar-refractivity contribution in [2.45, 2.75) is 13.3 Å². The van der Waals surface area contributed by atoms with Crippen LogP contribution >= 0.6 is 0 Å². The lowest BCUT2D eigenvalue weighted by Crippen LogP contribution is -2.32. The molecule has 1 atom stereocenters. The molecule has 0 aliphatic carbocycles. The normalized spacial score (nSPS) is 11.8. The Balaban J connectivity index is 2.68. The van der Waals surface area contributed by atoms with Crippen LogP contribution in [0.4, 0.5) is 0 Å². The maximum Gasteiger partial charge on any atom is 0.223 e. The molecule has 0 saturated carbocycles. The summed E-state index contributed by atoms with van der Waals surface area (Å²) in [4.78, 5) is 11.7. The third-order valence-corrected chi connectivity index (χ3v) is 2.85. The molecule has 0 heterocycles. The van der Waals surface area contributed by atoms with Crippen LogP contribution in [0.3, 0.4) is 0 Å². The van der Waals surface area contributed by atoms with E-state index in [1.165, 1.54) is 0 Å². The van der Waals surface area contributed by atoms with Gasteiger partial charge >= 0.3 is 0 Å². The third kappa shape index (κ3) is 4.44. The zero-order valence-electron chi connectivity index (χ0n) is 11.6. The average molecular weight is 267 g/mol. The lowest BCUT2D eigenvalue weighted by molar-refractivity contribution is -0.124. The number of rotatable bonds is 7. The molecule has 0 fully saturated rings. The first-order valence-electron chi connectivity index (χ1n) is 6.21. The quantitative estimate of drug-likeness (QED) is 0.773. The second kappa shape index (κ2) is 7.63. The number of benzene rings is 1. The number of ether oxygens (including phenoxy) is 2. The lowest BCUT2D eigenvalue weighted by atomic mass is 10.00. The van der Waals surface area contributed by atoms with Crippen molar-refractivity contribution in [3.63, 3.8) is 0 Å². The summed E-state index contributed by atoms with van der Waals surface area (Å²) in [6, 6.07) is 5.61. The molecule has 0 spiro atoms. The number of hydrogen-bond acceptors (Lipinski definition) is 4. The van der Waals surface area contributed by atoms with Crippen molar-refractivity contribution in [2.24, 2.45) is 5.92 Å². The number of amides is 1. The highest BCUT2D eigenvalue weighted by molar-refractivity contribution is 5.78. The Labute approximate surface area is 113 Å². The van der Waals surface area contributed by atoms with E-state index < -0.39 is 0 Å². The number of hydrogen-bond donors (Lipinski definition) is 2. The minimum Gasteiger partial charge on any atom is -0.493 e. The third-order valence-electron chi connectivity index (χ3n) is 2.85. The SMILES string of the molecule is COc1ccc(CC(C)C(=O)NCCO)cc1OC. The van der Waals surface area contributed by atoms with Gasteiger partial charge in [-0.25, -0.2) is 0 Å². The Morgan fingerprint density at radius 1 is 1.32 bits per heavy atom. The van der Waals surface area contributed by atoms with E-state index in [4.69, 9.17) is 14.6 Å². The van der Waals surface area contributed by atoms with Gasteiger partial charge in [0.2, 0.25) is 5.91 Å². The van der Waals surface area contributed by atoms with Gasteiger partial charge in [-0.05, 0) is 24.1 Å². The molecule has 1 aromatic carbocycles. The van der Waals surface area contributed by atoms with Gasteiger partial charge < -0.3 is 19.9 Å². The fourth-order valence-corrected chi connectivity index (χ4v) is 1.81. The van der Waals surface area contributed by atoms with Crippen molar-refractivity contribution in [1.29, 1.82) is 0 Å². The molecular formula is C14H21NO4. The van der Waals surface area contributed by atoms with Crippen LogP contribution in [0.5, 0.6) is 11.5 Å². The van der Waals surface area contributed by atoms with Gasteiger partial charge in [-0.1, -0.05) is 13.0 Å². The molecule has 0 aliphatic heterocycles. The Bertz CT molecular complexity index is 420. The van der Waals surface area contributed by atoms with E-state index in [0.717, 1.165) is 5.56 Å². The lowest BCUT2D eigenvalue weighted by Gasteiger charge is -2.13. The van der Waals surface area contributed by atoms with Gasteiger partial charge in [0.1, 0.15) is 0 Å². The molecule has 0 radical (unpaired) electrons. The van der Waals surface area contributed by atoms with Crippen molar-refractivity contribution < 1.29 is 19.4 Å². The molecule has 0 aromatic heterocycles. The van der Waals surface area contributed by atoms with Crippen LogP contribution in [0.1, 0.15) is 12.5 Å². The number of carbonyl (C=O) groups excluding carboxylic acids is 1. The van der Waals surface area contributed by atoms with Crippen molar-refractivity contribution in [1.82, 2.24) is 5.32 Å². The molecule has 1 aromatic rings. The predicted molar refractivity (Wildman–Crippen MR) is 72.5 cm³/mol. The molecule has 106 valence electrons. The number of carbonyl (C=O) groups is 1. The van der Waals surface area contributed by atoms with Gasteiger partial charge in [0.05, 0.1) is 20.8 Å². The first-order valence-corrected chi connectivity index (χ1v) is 6.21. The van der Waals surface area contributed by atoms with Crippen LogP contribution in [-0.2, 0) is 11.2 Å². The maximum absolute atomic E-state index is 11.7. The highest BCUT2D eigenvalue weighted by atomic mass is 16.5. The van der Waals surface area contributed by atoms with Crippen molar-refractivity contribution >= 4 is 5.91 Å². The number of methoxy groups -OCH3 is 2. The van der Waals surface area contributed by atoms with E-state index in [1.54, 1.807) is 14.2 Å². The predicted octanol–water partition coefficient (Wildman–Crippen LogP) is 0.991. The highest BCUT2D eigenvalue weighted by Crippen LogP contribution is 2.28. The molecule has 0 saturated heterocycles. The maximum atomic E-state index is 11.7. The van der Waals surface area contributed by atoms with Crippen LogP contribution in [0.2, 0.25) is 0 Å². The zero-order valence-corrected chi connectivity index (χ0v) is 11.6. The Hall–Kier alpha value is -1.75. The first-order chi connectivity index (χ1) is 9.12. The van der Waals surface area contributed by atoms with E-state index in [1.807, 2.05) is 25.1 Å². The summed E-state index contributed by atoms with van der Waals surface area (Å²) in [5.41, 5.74) is 1.00. The minimum absolute atomic E-state index is 0.0468. The molecule has 1 amide bonds. The number of nitrogens with one attached hydrogen (secondary N) is 1. The summed E-state index contributed by atoms with van der Waals surface area (Å²) >= 11 is 0. The van der Waals surface area contributed by atoms with Crippen molar-refractivity contribution in [3.05, 3.63) is 23.8 Å².